The van der Waals surface area contributed by atoms with Gasteiger partial charge in [-0.25, -0.2) is 4.79 Å². The first-order valence-electron chi connectivity index (χ1n) is 11.4. The number of nitrogens with zero attached hydrogens (tertiary/aromatic N) is 4. The molecule has 0 unspecified atom stereocenters. The highest BCUT2D eigenvalue weighted by molar-refractivity contribution is 5.82. The largest absolute Gasteiger partial charge is 0.507 e. The third kappa shape index (κ3) is 4.04. The maximum atomic E-state index is 12.4. The van der Waals surface area contributed by atoms with Gasteiger partial charge in [0.25, 0.3) is 0 Å². The van der Waals surface area contributed by atoms with E-state index in [4.69, 9.17) is 4.74 Å². The van der Waals surface area contributed by atoms with E-state index in [1.807, 2.05) is 37.8 Å². The van der Waals surface area contributed by atoms with Crippen LogP contribution in [0.15, 0.2) is 36.4 Å². The van der Waals surface area contributed by atoms with Crippen LogP contribution in [0.2, 0.25) is 0 Å². The fraction of sp³-hybridized carbons (Fsp3) is 0.480. The summed E-state index contributed by atoms with van der Waals surface area (Å²) in [5, 5.41) is 19.2. The number of likely N-dealkylation sites (tertiary alicyclic amines) is 1. The van der Waals surface area contributed by atoms with Gasteiger partial charge in [-0.05, 0) is 70.7 Å². The molecule has 1 saturated heterocycles. The smallest absolute Gasteiger partial charge is 0.410 e. The molecule has 3 aromatic rings. The molecule has 1 N–H and O–H groups in total. The summed E-state index contributed by atoms with van der Waals surface area (Å²) in [6.07, 6.45) is 3.92. The average Bonchev–Trinajstić information content (AvgIpc) is 3.52. The van der Waals surface area contributed by atoms with E-state index < -0.39 is 5.60 Å². The Kier molecular flexibility index (Phi) is 5.07. The van der Waals surface area contributed by atoms with Crippen LogP contribution in [0.5, 0.6) is 5.75 Å². The quantitative estimate of drug-likeness (QED) is 0.609. The first kappa shape index (κ1) is 20.8. The predicted molar refractivity (Wildman–Crippen MR) is 123 cm³/mol. The van der Waals surface area contributed by atoms with Crippen LogP contribution in [0.4, 0.5) is 4.79 Å². The third-order valence-electron chi connectivity index (χ3n) is 6.28. The molecule has 5 rings (SSSR count). The monoisotopic (exact) mass is 434 g/mol. The van der Waals surface area contributed by atoms with Gasteiger partial charge in [0.1, 0.15) is 16.9 Å². The minimum atomic E-state index is -0.476. The number of ether oxygens (including phenoxy) is 1. The number of carbonyl (C=O) groups is 1. The minimum Gasteiger partial charge on any atom is -0.507 e. The van der Waals surface area contributed by atoms with Gasteiger partial charge in [-0.2, -0.15) is 0 Å². The van der Waals surface area contributed by atoms with Crippen molar-refractivity contribution in [3.05, 3.63) is 42.1 Å². The van der Waals surface area contributed by atoms with E-state index in [0.29, 0.717) is 36.3 Å². The van der Waals surface area contributed by atoms with Gasteiger partial charge in [0, 0.05) is 36.3 Å². The Morgan fingerprint density at radius 3 is 2.44 bits per heavy atom. The van der Waals surface area contributed by atoms with Crippen molar-refractivity contribution in [2.75, 3.05) is 13.1 Å². The number of para-hydroxylation sites is 1. The Balaban J connectivity index is 1.42. The fourth-order valence-corrected chi connectivity index (χ4v) is 4.60. The number of phenols is 1. The van der Waals surface area contributed by atoms with Crippen molar-refractivity contribution >= 4 is 17.1 Å². The highest BCUT2D eigenvalue weighted by Gasteiger charge is 2.33. The second kappa shape index (κ2) is 7.80. The highest BCUT2D eigenvalue weighted by Crippen LogP contribution is 2.43. The van der Waals surface area contributed by atoms with Crippen LogP contribution in [0, 0.1) is 0 Å². The summed E-state index contributed by atoms with van der Waals surface area (Å²) in [6, 6.07) is 11.9. The molecular formula is C25H30N4O3. The molecule has 2 aliphatic rings. The molecule has 2 fully saturated rings. The fourth-order valence-electron chi connectivity index (χ4n) is 4.60. The van der Waals surface area contributed by atoms with Crippen molar-refractivity contribution in [1.82, 2.24) is 19.7 Å². The van der Waals surface area contributed by atoms with Crippen LogP contribution in [-0.2, 0) is 4.74 Å². The normalized spacial score (nSPS) is 17.7. The molecule has 1 aliphatic carbocycles. The molecule has 32 heavy (non-hydrogen) atoms. The number of aromatic hydroxyl groups is 1. The lowest BCUT2D eigenvalue weighted by Gasteiger charge is -2.34. The van der Waals surface area contributed by atoms with Gasteiger partial charge < -0.3 is 19.3 Å². The van der Waals surface area contributed by atoms with E-state index in [-0.39, 0.29) is 11.8 Å². The zero-order valence-electron chi connectivity index (χ0n) is 18.9. The average molecular weight is 435 g/mol. The summed E-state index contributed by atoms with van der Waals surface area (Å²) in [5.74, 6) is 0.581. The van der Waals surface area contributed by atoms with Gasteiger partial charge in [0.2, 0.25) is 0 Å². The van der Waals surface area contributed by atoms with Crippen molar-refractivity contribution in [1.29, 1.82) is 0 Å². The zero-order chi connectivity index (χ0) is 22.5. The molecule has 7 nitrogen and oxygen atoms in total. The van der Waals surface area contributed by atoms with Crippen molar-refractivity contribution in [2.45, 2.75) is 64.0 Å². The maximum Gasteiger partial charge on any atom is 0.410 e. The molecule has 3 heterocycles. The number of hydrogen-bond acceptors (Lipinski definition) is 5. The van der Waals surface area contributed by atoms with Crippen LogP contribution in [0.1, 0.15) is 64.1 Å². The van der Waals surface area contributed by atoms with Gasteiger partial charge in [0.15, 0.2) is 0 Å². The van der Waals surface area contributed by atoms with Crippen molar-refractivity contribution in [2.24, 2.45) is 0 Å². The number of amides is 1. The Morgan fingerprint density at radius 1 is 1.06 bits per heavy atom. The lowest BCUT2D eigenvalue weighted by molar-refractivity contribution is 0.0203. The Bertz CT molecular complexity index is 1150. The molecule has 1 aliphatic heterocycles. The molecule has 7 heteroatoms. The summed E-state index contributed by atoms with van der Waals surface area (Å²) in [6.45, 7) is 7.09. The molecule has 1 aromatic carbocycles. The molecule has 0 spiro atoms. The molecule has 0 bridgehead atoms. The lowest BCUT2D eigenvalue weighted by Crippen LogP contribution is -2.41. The summed E-state index contributed by atoms with van der Waals surface area (Å²) in [4.78, 5) is 14.3. The van der Waals surface area contributed by atoms with E-state index in [0.717, 1.165) is 23.9 Å². The number of fused-ring (bicyclic) bond motifs is 1. The van der Waals surface area contributed by atoms with Crippen LogP contribution in [0.25, 0.3) is 22.3 Å². The maximum absolute atomic E-state index is 12.4. The summed E-state index contributed by atoms with van der Waals surface area (Å²) in [5.41, 5.74) is 4.15. The van der Waals surface area contributed by atoms with E-state index >= 15 is 0 Å². The number of aromatic nitrogens is 3. The molecule has 0 radical (unpaired) electrons. The van der Waals surface area contributed by atoms with E-state index in [1.54, 1.807) is 12.1 Å². The molecular weight excluding hydrogens is 404 g/mol. The summed E-state index contributed by atoms with van der Waals surface area (Å²) in [7, 11) is 0. The highest BCUT2D eigenvalue weighted by atomic mass is 16.6. The number of phenolic OH excluding ortho intramolecular Hbond substituents is 1. The zero-order valence-corrected chi connectivity index (χ0v) is 18.9. The van der Waals surface area contributed by atoms with Crippen LogP contribution >= 0.6 is 0 Å². The Labute approximate surface area is 188 Å². The molecule has 0 atom stereocenters. The van der Waals surface area contributed by atoms with E-state index in [1.165, 1.54) is 18.5 Å². The van der Waals surface area contributed by atoms with Gasteiger partial charge in [-0.15, -0.1) is 10.2 Å². The second-order valence-corrected chi connectivity index (χ2v) is 9.93. The van der Waals surface area contributed by atoms with Gasteiger partial charge in [-0.1, -0.05) is 12.1 Å². The molecule has 2 aromatic heterocycles. The van der Waals surface area contributed by atoms with Crippen molar-refractivity contribution < 1.29 is 14.6 Å². The molecule has 168 valence electrons. The number of rotatable bonds is 3. The number of carbonyl (C=O) groups excluding carboxylic acids is 1. The van der Waals surface area contributed by atoms with Gasteiger partial charge >= 0.3 is 6.09 Å². The lowest BCUT2D eigenvalue weighted by atomic mass is 9.93. The molecule has 1 amide bonds. The molecule has 1 saturated carbocycles. The first-order chi connectivity index (χ1) is 15.3. The standard InChI is InChI=1S/C25H30N4O3/c1-25(2,3)32-24(31)28-12-10-16(11-13-28)21-15-20-22(29(21)17-8-9-17)14-19(26-27-20)18-6-4-5-7-23(18)30/h4-7,14-17,30H,8-13H2,1-3H3. The predicted octanol–water partition coefficient (Wildman–Crippen LogP) is 5.25. The summed E-state index contributed by atoms with van der Waals surface area (Å²) < 4.78 is 7.98. The Hall–Kier alpha value is -3.09. The Morgan fingerprint density at radius 2 is 1.78 bits per heavy atom. The SMILES string of the molecule is CC(C)(C)OC(=O)N1CCC(c2cc3nnc(-c4ccccc4O)cc3n2C2CC2)CC1. The number of piperidine rings is 1. The van der Waals surface area contributed by atoms with Gasteiger partial charge in [-0.3, -0.25) is 0 Å². The van der Waals surface area contributed by atoms with Gasteiger partial charge in [0.05, 0.1) is 11.2 Å². The van der Waals surface area contributed by atoms with Crippen molar-refractivity contribution in [3.63, 3.8) is 0 Å². The summed E-state index contributed by atoms with van der Waals surface area (Å²) >= 11 is 0. The van der Waals surface area contributed by atoms with E-state index in [2.05, 4.69) is 26.9 Å². The van der Waals surface area contributed by atoms with Crippen LogP contribution in [0.3, 0.4) is 0 Å². The third-order valence-corrected chi connectivity index (χ3v) is 6.28. The van der Waals surface area contributed by atoms with E-state index in [9.17, 15) is 9.90 Å². The van der Waals surface area contributed by atoms with Crippen molar-refractivity contribution in [3.8, 4) is 17.0 Å². The number of hydrogen-bond donors (Lipinski definition) is 1. The second-order valence-electron chi connectivity index (χ2n) is 9.93. The van der Waals surface area contributed by atoms with Crippen LogP contribution < -0.4 is 0 Å². The number of benzene rings is 1. The minimum absolute atomic E-state index is 0.209. The van der Waals surface area contributed by atoms with Crippen LogP contribution in [-0.4, -0.2) is 49.6 Å². The first-order valence-corrected chi connectivity index (χ1v) is 11.4. The topological polar surface area (TPSA) is 80.5 Å².